The highest BCUT2D eigenvalue weighted by Gasteiger charge is 2.21. The molecule has 1 aromatic heterocycles. The van der Waals surface area contributed by atoms with E-state index in [1.807, 2.05) is 20.8 Å². The van der Waals surface area contributed by atoms with E-state index in [1.54, 1.807) is 23.3 Å². The van der Waals surface area contributed by atoms with Crippen LogP contribution in [0.25, 0.3) is 0 Å². The molecule has 2 heterocycles. The molecule has 1 aliphatic heterocycles. The van der Waals surface area contributed by atoms with E-state index in [2.05, 4.69) is 45.0 Å². The summed E-state index contributed by atoms with van der Waals surface area (Å²) in [6, 6.07) is 4.71. The monoisotopic (exact) mass is 409 g/mol. The second-order valence-electron chi connectivity index (χ2n) is 8.02. The van der Waals surface area contributed by atoms with E-state index in [0.717, 1.165) is 38.4 Å². The van der Waals surface area contributed by atoms with Crippen molar-refractivity contribution in [1.82, 2.24) is 15.5 Å². The number of guanidine groups is 1. The number of carbonyl (C=O) groups is 1. The van der Waals surface area contributed by atoms with E-state index >= 15 is 0 Å². The van der Waals surface area contributed by atoms with Crippen molar-refractivity contribution >= 4 is 28.4 Å². The summed E-state index contributed by atoms with van der Waals surface area (Å²) in [5.74, 6) is 0.815. The van der Waals surface area contributed by atoms with Crippen LogP contribution in [-0.2, 0) is 4.74 Å². The number of piperidine rings is 1. The van der Waals surface area contributed by atoms with Crippen LogP contribution in [0.2, 0.25) is 0 Å². The molecule has 1 amide bonds. The predicted molar refractivity (Wildman–Crippen MR) is 118 cm³/mol. The van der Waals surface area contributed by atoms with Gasteiger partial charge in [-0.15, -0.1) is 11.3 Å². The number of carbonyl (C=O) groups excluding carboxylic acids is 1. The Labute approximate surface area is 173 Å². The van der Waals surface area contributed by atoms with E-state index in [4.69, 9.17) is 4.74 Å². The molecule has 8 heteroatoms. The minimum absolute atomic E-state index is 0.318. The normalized spacial score (nSPS) is 16.0. The molecule has 0 radical (unpaired) electrons. The first kappa shape index (κ1) is 22.3. The van der Waals surface area contributed by atoms with Gasteiger partial charge in [-0.2, -0.15) is 0 Å². The Hall–Kier alpha value is -1.96. The van der Waals surface area contributed by atoms with E-state index in [-0.39, 0.29) is 6.09 Å². The Morgan fingerprint density at radius 3 is 2.68 bits per heavy atom. The van der Waals surface area contributed by atoms with Gasteiger partial charge in [0.05, 0.1) is 11.5 Å². The fraction of sp³-hybridized carbons (Fsp3) is 0.700. The minimum Gasteiger partial charge on any atom is -0.444 e. The summed E-state index contributed by atoms with van der Waals surface area (Å²) >= 11 is 1.80. The zero-order chi connectivity index (χ0) is 20.6. The van der Waals surface area contributed by atoms with Crippen molar-refractivity contribution in [1.29, 1.82) is 0 Å². The van der Waals surface area contributed by atoms with Gasteiger partial charge in [-0.3, -0.25) is 4.99 Å². The van der Waals surface area contributed by atoms with Crippen molar-refractivity contribution in [3.8, 4) is 0 Å². The highest BCUT2D eigenvalue weighted by Crippen LogP contribution is 2.24. The molecule has 0 unspecified atom stereocenters. The number of hydrogen-bond donors (Lipinski definition) is 2. The summed E-state index contributed by atoms with van der Waals surface area (Å²) in [6.07, 6.45) is 1.85. The molecule has 0 aliphatic carbocycles. The number of amides is 1. The Balaban J connectivity index is 1.78. The maximum Gasteiger partial charge on any atom is 0.410 e. The molecular formula is C20H35N5O2S. The number of nitrogens with one attached hydrogen (secondary N) is 2. The van der Waals surface area contributed by atoms with Crippen LogP contribution in [-0.4, -0.2) is 68.4 Å². The van der Waals surface area contributed by atoms with Crippen LogP contribution in [0.15, 0.2) is 22.5 Å². The first-order valence-electron chi connectivity index (χ1n) is 10.1. The number of anilines is 1. The molecule has 2 N–H and O–H groups in total. The van der Waals surface area contributed by atoms with Gasteiger partial charge in [-0.1, -0.05) is 0 Å². The van der Waals surface area contributed by atoms with E-state index < -0.39 is 5.60 Å². The van der Waals surface area contributed by atoms with E-state index in [9.17, 15) is 4.79 Å². The lowest BCUT2D eigenvalue weighted by molar-refractivity contribution is 0.0304. The SMILES string of the molecule is CCNC(=NCCN(C)C(=O)OC(C)(C)C)NC1CCN(c2cccs2)CC1. The van der Waals surface area contributed by atoms with E-state index in [0.29, 0.717) is 19.1 Å². The summed E-state index contributed by atoms with van der Waals surface area (Å²) in [5, 5.41) is 10.3. The van der Waals surface area contributed by atoms with Crippen LogP contribution in [0.1, 0.15) is 40.5 Å². The van der Waals surface area contributed by atoms with Crippen LogP contribution >= 0.6 is 11.3 Å². The smallest absolute Gasteiger partial charge is 0.410 e. The number of nitrogens with zero attached hydrogens (tertiary/aromatic N) is 3. The van der Waals surface area contributed by atoms with Gasteiger partial charge in [0, 0.05) is 39.3 Å². The number of aliphatic imine (C=N–C) groups is 1. The predicted octanol–water partition coefficient (Wildman–Crippen LogP) is 3.14. The molecule has 2 rings (SSSR count). The molecule has 158 valence electrons. The maximum atomic E-state index is 12.0. The average Bonchev–Trinajstić information content (AvgIpc) is 3.15. The summed E-state index contributed by atoms with van der Waals surface area (Å²) in [5.41, 5.74) is -0.483. The summed E-state index contributed by atoms with van der Waals surface area (Å²) in [4.78, 5) is 20.7. The van der Waals surface area contributed by atoms with Crippen molar-refractivity contribution in [2.45, 2.75) is 52.2 Å². The van der Waals surface area contributed by atoms with Crippen LogP contribution in [0.3, 0.4) is 0 Å². The second-order valence-corrected chi connectivity index (χ2v) is 8.95. The van der Waals surface area contributed by atoms with E-state index in [1.165, 1.54) is 5.00 Å². The third kappa shape index (κ3) is 7.58. The van der Waals surface area contributed by atoms with Crippen molar-refractivity contribution in [2.75, 3.05) is 44.7 Å². The first-order chi connectivity index (χ1) is 13.3. The zero-order valence-corrected chi connectivity index (χ0v) is 18.6. The number of thiophene rings is 1. The zero-order valence-electron chi connectivity index (χ0n) is 17.8. The third-order valence-corrected chi connectivity index (χ3v) is 5.34. The fourth-order valence-corrected chi connectivity index (χ4v) is 3.74. The number of likely N-dealkylation sites (N-methyl/N-ethyl adjacent to an activating group) is 1. The molecule has 0 aromatic carbocycles. The maximum absolute atomic E-state index is 12.0. The molecule has 1 fully saturated rings. The standard InChI is InChI=1S/C20H35N5O2S/c1-6-21-18(22-11-14-24(5)19(26)27-20(2,3)4)23-16-9-12-25(13-10-16)17-8-7-15-28-17/h7-8,15-16H,6,9-14H2,1-5H3,(H2,21,22,23). The molecule has 0 spiro atoms. The van der Waals surface area contributed by atoms with Crippen molar-refractivity contribution < 1.29 is 9.53 Å². The van der Waals surface area contributed by atoms with Crippen LogP contribution in [0, 0.1) is 0 Å². The van der Waals surface area contributed by atoms with Gasteiger partial charge >= 0.3 is 6.09 Å². The summed E-state index contributed by atoms with van der Waals surface area (Å²) < 4.78 is 5.37. The highest BCUT2D eigenvalue weighted by atomic mass is 32.1. The average molecular weight is 410 g/mol. The van der Waals surface area contributed by atoms with Crippen LogP contribution < -0.4 is 15.5 Å². The Morgan fingerprint density at radius 1 is 1.39 bits per heavy atom. The Morgan fingerprint density at radius 2 is 2.11 bits per heavy atom. The van der Waals surface area contributed by atoms with Crippen LogP contribution in [0.4, 0.5) is 9.80 Å². The van der Waals surface area contributed by atoms with Crippen LogP contribution in [0.5, 0.6) is 0 Å². The second kappa shape index (κ2) is 10.5. The first-order valence-corrected chi connectivity index (χ1v) is 10.9. The molecule has 7 nitrogen and oxygen atoms in total. The number of hydrogen-bond acceptors (Lipinski definition) is 5. The quantitative estimate of drug-likeness (QED) is 0.558. The minimum atomic E-state index is -0.483. The highest BCUT2D eigenvalue weighted by molar-refractivity contribution is 7.14. The van der Waals surface area contributed by atoms with Gasteiger partial charge in [0.2, 0.25) is 0 Å². The summed E-state index contributed by atoms with van der Waals surface area (Å²) in [7, 11) is 1.74. The third-order valence-electron chi connectivity index (χ3n) is 4.41. The molecule has 1 aromatic rings. The topological polar surface area (TPSA) is 69.2 Å². The molecule has 1 aliphatic rings. The lowest BCUT2D eigenvalue weighted by Crippen LogP contribution is -2.49. The molecular weight excluding hydrogens is 374 g/mol. The molecule has 1 saturated heterocycles. The lowest BCUT2D eigenvalue weighted by Gasteiger charge is -2.33. The van der Waals surface area contributed by atoms with Gasteiger partial charge in [0.1, 0.15) is 5.60 Å². The van der Waals surface area contributed by atoms with Gasteiger partial charge in [-0.25, -0.2) is 4.79 Å². The van der Waals surface area contributed by atoms with Gasteiger partial charge in [-0.05, 0) is 58.0 Å². The molecule has 0 atom stereocenters. The van der Waals surface area contributed by atoms with Gasteiger partial charge in [0.25, 0.3) is 0 Å². The van der Waals surface area contributed by atoms with Gasteiger partial charge in [0.15, 0.2) is 5.96 Å². The Bertz CT molecular complexity index is 619. The van der Waals surface area contributed by atoms with Gasteiger partial charge < -0.3 is 25.2 Å². The number of rotatable bonds is 6. The Kier molecular flexibility index (Phi) is 8.41. The molecule has 28 heavy (non-hydrogen) atoms. The molecule has 0 bridgehead atoms. The number of ether oxygens (including phenoxy) is 1. The largest absolute Gasteiger partial charge is 0.444 e. The summed E-state index contributed by atoms with van der Waals surface area (Å²) in [6.45, 7) is 11.6. The van der Waals surface area contributed by atoms with Crippen molar-refractivity contribution in [3.63, 3.8) is 0 Å². The lowest BCUT2D eigenvalue weighted by atomic mass is 10.1. The fourth-order valence-electron chi connectivity index (χ4n) is 2.95. The van der Waals surface area contributed by atoms with Crippen molar-refractivity contribution in [3.05, 3.63) is 17.5 Å². The molecule has 0 saturated carbocycles. The van der Waals surface area contributed by atoms with Crippen molar-refractivity contribution in [2.24, 2.45) is 4.99 Å².